The largest absolute Gasteiger partial charge is 0.508 e. The standard InChI is InChI=1S/C50H54O6/c1-47(2,43-29-38(16-24-45(43)55)49(5,6)35-11-19-41(52)20-12-35)30-33-28-39(50(7,8)36-13-21-42(53)22-14-36)27-32(46(33)56)25-31-26-37(15-23-44(31)54)48(3,4)34-9-17-40(51)18-10-34/h9-24,26-29,51-56H,25,30H2,1-8H3. The van der Waals surface area contributed by atoms with Gasteiger partial charge in [0.2, 0.25) is 0 Å². The Morgan fingerprint density at radius 1 is 0.357 bits per heavy atom. The van der Waals surface area contributed by atoms with Crippen LogP contribution in [0.5, 0.6) is 34.5 Å². The monoisotopic (exact) mass is 750 g/mol. The van der Waals surface area contributed by atoms with Crippen molar-refractivity contribution in [1.82, 2.24) is 0 Å². The minimum Gasteiger partial charge on any atom is -0.508 e. The van der Waals surface area contributed by atoms with E-state index in [2.05, 4.69) is 55.4 Å². The minimum absolute atomic E-state index is 0.123. The molecule has 6 N–H and O–H groups in total. The average Bonchev–Trinajstić information content (AvgIpc) is 3.14. The molecule has 6 rings (SSSR count). The number of phenols is 6. The second-order valence-corrected chi connectivity index (χ2v) is 17.5. The predicted molar refractivity (Wildman–Crippen MR) is 225 cm³/mol. The van der Waals surface area contributed by atoms with E-state index in [-0.39, 0.29) is 40.9 Å². The molecule has 0 bridgehead atoms. The highest BCUT2D eigenvalue weighted by molar-refractivity contribution is 5.55. The Morgan fingerprint density at radius 2 is 0.714 bits per heavy atom. The van der Waals surface area contributed by atoms with Crippen molar-refractivity contribution in [2.45, 2.75) is 89.9 Å². The van der Waals surface area contributed by atoms with Crippen LogP contribution in [0.1, 0.15) is 111 Å². The van der Waals surface area contributed by atoms with E-state index in [0.717, 1.165) is 38.9 Å². The second kappa shape index (κ2) is 14.6. The van der Waals surface area contributed by atoms with Gasteiger partial charge in [-0.2, -0.15) is 0 Å². The molecular weight excluding hydrogens is 697 g/mol. The third-order valence-corrected chi connectivity index (χ3v) is 12.0. The van der Waals surface area contributed by atoms with Gasteiger partial charge in [0.1, 0.15) is 34.5 Å². The van der Waals surface area contributed by atoms with E-state index in [4.69, 9.17) is 0 Å². The number of hydrogen-bond donors (Lipinski definition) is 6. The van der Waals surface area contributed by atoms with E-state index in [0.29, 0.717) is 23.1 Å². The molecule has 0 saturated carbocycles. The molecule has 6 aromatic carbocycles. The molecule has 0 aliphatic carbocycles. The Morgan fingerprint density at radius 3 is 1.18 bits per heavy atom. The lowest BCUT2D eigenvalue weighted by molar-refractivity contribution is 0.419. The fourth-order valence-corrected chi connectivity index (χ4v) is 7.88. The first-order chi connectivity index (χ1) is 26.2. The van der Waals surface area contributed by atoms with E-state index in [1.807, 2.05) is 72.8 Å². The zero-order valence-electron chi connectivity index (χ0n) is 33.6. The van der Waals surface area contributed by atoms with Gasteiger partial charge >= 0.3 is 0 Å². The van der Waals surface area contributed by atoms with Gasteiger partial charge in [-0.1, -0.05) is 128 Å². The van der Waals surface area contributed by atoms with Crippen LogP contribution in [0.4, 0.5) is 0 Å². The van der Waals surface area contributed by atoms with Crippen molar-refractivity contribution in [2.75, 3.05) is 0 Å². The van der Waals surface area contributed by atoms with E-state index in [1.165, 1.54) is 0 Å². The van der Waals surface area contributed by atoms with Crippen LogP contribution in [-0.2, 0) is 34.5 Å². The van der Waals surface area contributed by atoms with Gasteiger partial charge in [0.05, 0.1) is 0 Å². The molecule has 0 aliphatic heterocycles. The van der Waals surface area contributed by atoms with Crippen LogP contribution in [0.15, 0.2) is 121 Å². The minimum atomic E-state index is -0.641. The van der Waals surface area contributed by atoms with Gasteiger partial charge in [-0.25, -0.2) is 0 Å². The third kappa shape index (κ3) is 7.79. The van der Waals surface area contributed by atoms with Crippen LogP contribution in [0.2, 0.25) is 0 Å². The molecule has 0 aliphatic rings. The van der Waals surface area contributed by atoms with Crippen molar-refractivity contribution in [2.24, 2.45) is 0 Å². The van der Waals surface area contributed by atoms with E-state index < -0.39 is 21.7 Å². The van der Waals surface area contributed by atoms with Crippen molar-refractivity contribution < 1.29 is 30.6 Å². The van der Waals surface area contributed by atoms with Gasteiger partial charge in [-0.05, 0) is 110 Å². The van der Waals surface area contributed by atoms with Crippen LogP contribution in [-0.4, -0.2) is 30.6 Å². The molecule has 0 heterocycles. The van der Waals surface area contributed by atoms with Gasteiger partial charge < -0.3 is 30.6 Å². The summed E-state index contributed by atoms with van der Waals surface area (Å²) in [7, 11) is 0. The lowest BCUT2D eigenvalue weighted by atomic mass is 9.72. The van der Waals surface area contributed by atoms with Gasteiger partial charge in [0.25, 0.3) is 0 Å². The Bertz CT molecular complexity index is 2350. The highest BCUT2D eigenvalue weighted by Crippen LogP contribution is 2.44. The SMILES string of the molecule is CC(C)(Cc1cc(C(C)(C)c2ccc(O)cc2)cc(Cc2cc(C(C)(C)c3ccc(O)cc3)ccc2O)c1O)c1cc(C(C)(C)c2ccc(O)cc2)ccc1O. The zero-order valence-corrected chi connectivity index (χ0v) is 33.6. The van der Waals surface area contributed by atoms with Gasteiger partial charge in [-0.3, -0.25) is 0 Å². The molecule has 56 heavy (non-hydrogen) atoms. The van der Waals surface area contributed by atoms with Crippen LogP contribution in [0, 0.1) is 0 Å². The molecule has 6 heteroatoms. The summed E-state index contributed by atoms with van der Waals surface area (Å²) in [6.45, 7) is 16.8. The summed E-state index contributed by atoms with van der Waals surface area (Å²) in [5.74, 6) is 0.996. The fraction of sp³-hybridized carbons (Fsp3) is 0.280. The first-order valence-corrected chi connectivity index (χ1v) is 19.1. The Labute approximate surface area is 331 Å². The van der Waals surface area contributed by atoms with E-state index in [9.17, 15) is 30.6 Å². The number of aromatic hydroxyl groups is 6. The quantitative estimate of drug-likeness (QED) is 0.0784. The number of hydrogen-bond acceptors (Lipinski definition) is 6. The lowest BCUT2D eigenvalue weighted by Gasteiger charge is -2.32. The second-order valence-electron chi connectivity index (χ2n) is 17.5. The van der Waals surface area contributed by atoms with Crippen LogP contribution < -0.4 is 0 Å². The van der Waals surface area contributed by atoms with Crippen LogP contribution in [0.3, 0.4) is 0 Å². The molecule has 290 valence electrons. The number of phenolic OH excluding ortho intramolecular Hbond substituents is 6. The van der Waals surface area contributed by atoms with Crippen molar-refractivity contribution in [3.8, 4) is 34.5 Å². The van der Waals surface area contributed by atoms with Crippen molar-refractivity contribution >= 4 is 0 Å². The first-order valence-electron chi connectivity index (χ1n) is 19.1. The summed E-state index contributed by atoms with van der Waals surface area (Å²) in [6, 6.07) is 36.9. The highest BCUT2D eigenvalue weighted by atomic mass is 16.3. The lowest BCUT2D eigenvalue weighted by Crippen LogP contribution is -2.25. The summed E-state index contributed by atoms with van der Waals surface area (Å²) < 4.78 is 0. The zero-order chi connectivity index (χ0) is 40.8. The maximum absolute atomic E-state index is 12.2. The Balaban J connectivity index is 1.44. The normalized spacial score (nSPS) is 12.5. The first kappa shape index (κ1) is 39.8. The summed E-state index contributed by atoms with van der Waals surface area (Å²) in [5, 5.41) is 64.7. The van der Waals surface area contributed by atoms with E-state index in [1.54, 1.807) is 48.5 Å². The van der Waals surface area contributed by atoms with Crippen molar-refractivity contribution in [3.05, 3.63) is 177 Å². The van der Waals surface area contributed by atoms with Gasteiger partial charge in [0.15, 0.2) is 0 Å². The molecule has 0 aromatic heterocycles. The molecule has 6 aromatic rings. The van der Waals surface area contributed by atoms with Crippen LogP contribution in [0.25, 0.3) is 0 Å². The van der Waals surface area contributed by atoms with Gasteiger partial charge in [-0.15, -0.1) is 0 Å². The van der Waals surface area contributed by atoms with Crippen molar-refractivity contribution in [1.29, 1.82) is 0 Å². The molecule has 0 saturated heterocycles. The molecule has 0 fully saturated rings. The number of benzene rings is 6. The average molecular weight is 751 g/mol. The summed E-state index contributed by atoms with van der Waals surface area (Å²) in [6.07, 6.45) is 0.646. The summed E-state index contributed by atoms with van der Waals surface area (Å²) in [5.41, 5.74) is 6.67. The maximum atomic E-state index is 12.2. The maximum Gasteiger partial charge on any atom is 0.122 e. The Hall–Kier alpha value is -5.88. The molecule has 0 unspecified atom stereocenters. The predicted octanol–water partition coefficient (Wildman–Crippen LogP) is 11.0. The molecular formula is C50H54O6. The smallest absolute Gasteiger partial charge is 0.122 e. The summed E-state index contributed by atoms with van der Waals surface area (Å²) >= 11 is 0. The molecule has 6 nitrogen and oxygen atoms in total. The fourth-order valence-electron chi connectivity index (χ4n) is 7.88. The van der Waals surface area contributed by atoms with Gasteiger partial charge in [0, 0.05) is 28.2 Å². The third-order valence-electron chi connectivity index (χ3n) is 12.0. The van der Waals surface area contributed by atoms with Crippen molar-refractivity contribution in [3.63, 3.8) is 0 Å². The Kier molecular flexibility index (Phi) is 10.4. The molecule has 0 spiro atoms. The molecule has 0 amide bonds. The van der Waals surface area contributed by atoms with E-state index >= 15 is 0 Å². The molecule has 0 atom stereocenters. The van der Waals surface area contributed by atoms with Crippen LogP contribution >= 0.6 is 0 Å². The summed E-state index contributed by atoms with van der Waals surface area (Å²) in [4.78, 5) is 0. The highest BCUT2D eigenvalue weighted by Gasteiger charge is 2.33. The number of rotatable bonds is 11. The topological polar surface area (TPSA) is 121 Å². The molecule has 0 radical (unpaired) electrons.